The van der Waals surface area contributed by atoms with Gasteiger partial charge in [0, 0.05) is 42.5 Å². The summed E-state index contributed by atoms with van der Waals surface area (Å²) >= 11 is 1.74. The molecule has 0 atom stereocenters. The lowest BCUT2D eigenvalue weighted by atomic mass is 10.3. The highest BCUT2D eigenvalue weighted by molar-refractivity contribution is 14.0. The van der Waals surface area contributed by atoms with Gasteiger partial charge in [-0.15, -0.1) is 35.3 Å². The molecule has 3 aromatic rings. The van der Waals surface area contributed by atoms with Crippen molar-refractivity contribution in [1.82, 2.24) is 30.4 Å². The van der Waals surface area contributed by atoms with E-state index in [0.717, 1.165) is 53.2 Å². The number of rotatable bonds is 7. The smallest absolute Gasteiger partial charge is 0.191 e. The van der Waals surface area contributed by atoms with E-state index in [2.05, 4.69) is 44.5 Å². The number of aromatic nitrogens is 4. The predicted octanol–water partition coefficient (Wildman–Crippen LogP) is 3.56. The summed E-state index contributed by atoms with van der Waals surface area (Å²) < 4.78 is 1.86. The third-order valence-electron chi connectivity index (χ3n) is 4.10. The van der Waals surface area contributed by atoms with Gasteiger partial charge in [0.05, 0.1) is 17.2 Å². The van der Waals surface area contributed by atoms with E-state index in [4.69, 9.17) is 0 Å². The van der Waals surface area contributed by atoms with Gasteiger partial charge in [-0.05, 0) is 45.4 Å². The number of halogens is 1. The Balaban J connectivity index is 0.00000300. The van der Waals surface area contributed by atoms with Gasteiger partial charge in [-0.3, -0.25) is 0 Å². The van der Waals surface area contributed by atoms with E-state index in [1.54, 1.807) is 11.3 Å². The lowest BCUT2D eigenvalue weighted by Crippen LogP contribution is -2.38. The number of hydrogen-bond donors (Lipinski definition) is 2. The fourth-order valence-electron chi connectivity index (χ4n) is 2.81. The molecule has 29 heavy (non-hydrogen) atoms. The zero-order chi connectivity index (χ0) is 19.9. The van der Waals surface area contributed by atoms with E-state index in [1.165, 1.54) is 4.88 Å². The Labute approximate surface area is 193 Å². The Hall–Kier alpha value is -2.01. The van der Waals surface area contributed by atoms with Crippen molar-refractivity contribution in [3.05, 3.63) is 57.4 Å². The summed E-state index contributed by atoms with van der Waals surface area (Å²) in [6.45, 7) is 10.3. The van der Waals surface area contributed by atoms with E-state index >= 15 is 0 Å². The number of aliphatic imine (C=N–C) groups is 1. The van der Waals surface area contributed by atoms with Gasteiger partial charge < -0.3 is 10.6 Å². The number of aryl methyl sites for hydroxylation is 3. The molecule has 9 heteroatoms. The Morgan fingerprint density at radius 3 is 2.55 bits per heavy atom. The first kappa shape index (κ1) is 23.3. The Kier molecular flexibility index (Phi) is 9.02. The number of thiazole rings is 1. The average Bonchev–Trinajstić information content (AvgIpc) is 3.24. The monoisotopic (exact) mass is 525 g/mol. The second-order valence-electron chi connectivity index (χ2n) is 6.60. The van der Waals surface area contributed by atoms with Crippen LogP contribution >= 0.6 is 35.3 Å². The maximum Gasteiger partial charge on any atom is 0.191 e. The molecule has 3 rings (SSSR count). The van der Waals surface area contributed by atoms with Crippen molar-refractivity contribution in [1.29, 1.82) is 0 Å². The molecule has 0 bridgehead atoms. The van der Waals surface area contributed by atoms with Crippen LogP contribution in [0.25, 0.3) is 5.82 Å². The Morgan fingerprint density at radius 2 is 1.97 bits per heavy atom. The highest BCUT2D eigenvalue weighted by Crippen LogP contribution is 2.12. The van der Waals surface area contributed by atoms with Crippen molar-refractivity contribution in [2.24, 2.45) is 4.99 Å². The molecule has 0 saturated carbocycles. The standard InChI is InChI=1S/C20H27N7S.HI/c1-5-21-20(22-9-8-19-24-11-16(4)28-19)25-13-17-6-7-18(23-12-17)27-15(3)10-14(2)26-27;/h6-7,10-12H,5,8-9,13H2,1-4H3,(H2,21,22,25);1H. The highest BCUT2D eigenvalue weighted by Gasteiger charge is 2.05. The normalized spacial score (nSPS) is 11.2. The summed E-state index contributed by atoms with van der Waals surface area (Å²) in [6.07, 6.45) is 4.67. The van der Waals surface area contributed by atoms with Gasteiger partial charge in [0.15, 0.2) is 11.8 Å². The molecule has 0 aromatic carbocycles. The summed E-state index contributed by atoms with van der Waals surface area (Å²) in [7, 11) is 0. The van der Waals surface area contributed by atoms with Gasteiger partial charge >= 0.3 is 0 Å². The fourth-order valence-corrected chi connectivity index (χ4v) is 3.60. The molecule has 2 N–H and O–H groups in total. The number of pyridine rings is 1. The minimum Gasteiger partial charge on any atom is -0.357 e. The first-order valence-corrected chi connectivity index (χ1v) is 10.3. The van der Waals surface area contributed by atoms with E-state index in [9.17, 15) is 0 Å². The predicted molar refractivity (Wildman–Crippen MR) is 130 cm³/mol. The van der Waals surface area contributed by atoms with Gasteiger partial charge in [-0.25, -0.2) is 19.6 Å². The molecule has 0 amide bonds. The molecular formula is C20H28IN7S. The molecule has 0 fully saturated rings. The number of nitrogens with zero attached hydrogens (tertiary/aromatic N) is 5. The van der Waals surface area contributed by atoms with Gasteiger partial charge in [0.1, 0.15) is 0 Å². The number of guanidine groups is 1. The molecule has 3 aromatic heterocycles. The molecule has 0 aliphatic heterocycles. The molecule has 0 saturated heterocycles. The SMILES string of the molecule is CCNC(=NCc1ccc(-n2nc(C)cc2C)nc1)NCCc1ncc(C)s1.I. The number of nitrogens with one attached hydrogen (secondary N) is 2. The van der Waals surface area contributed by atoms with Crippen LogP contribution in [0, 0.1) is 20.8 Å². The second kappa shape index (κ2) is 11.2. The molecule has 0 radical (unpaired) electrons. The van der Waals surface area contributed by atoms with Crippen LogP contribution in [0.4, 0.5) is 0 Å². The lowest BCUT2D eigenvalue weighted by Gasteiger charge is -2.10. The van der Waals surface area contributed by atoms with E-state index < -0.39 is 0 Å². The van der Waals surface area contributed by atoms with Gasteiger partial charge in [0.2, 0.25) is 0 Å². The molecule has 0 aliphatic carbocycles. The fraction of sp³-hybridized carbons (Fsp3) is 0.400. The van der Waals surface area contributed by atoms with Crippen molar-refractivity contribution in [3.8, 4) is 5.82 Å². The number of hydrogen-bond acceptors (Lipinski definition) is 5. The van der Waals surface area contributed by atoms with Crippen molar-refractivity contribution < 1.29 is 0 Å². The van der Waals surface area contributed by atoms with Crippen molar-refractivity contribution in [2.45, 2.75) is 40.7 Å². The summed E-state index contributed by atoms with van der Waals surface area (Å²) in [5.41, 5.74) is 3.12. The quantitative estimate of drug-likeness (QED) is 0.280. The van der Waals surface area contributed by atoms with Gasteiger partial charge in [0.25, 0.3) is 0 Å². The van der Waals surface area contributed by atoms with Crippen LogP contribution in [0.1, 0.15) is 33.8 Å². The minimum absolute atomic E-state index is 0. The highest BCUT2D eigenvalue weighted by atomic mass is 127. The maximum absolute atomic E-state index is 4.66. The van der Waals surface area contributed by atoms with Crippen LogP contribution in [0.2, 0.25) is 0 Å². The van der Waals surface area contributed by atoms with Crippen LogP contribution in [-0.2, 0) is 13.0 Å². The van der Waals surface area contributed by atoms with E-state index in [0.29, 0.717) is 6.54 Å². The molecule has 0 spiro atoms. The first-order valence-electron chi connectivity index (χ1n) is 9.47. The largest absolute Gasteiger partial charge is 0.357 e. The zero-order valence-electron chi connectivity index (χ0n) is 17.3. The molecule has 7 nitrogen and oxygen atoms in total. The summed E-state index contributed by atoms with van der Waals surface area (Å²) in [4.78, 5) is 14.8. The van der Waals surface area contributed by atoms with Crippen molar-refractivity contribution in [2.75, 3.05) is 13.1 Å². The minimum atomic E-state index is 0. The summed E-state index contributed by atoms with van der Waals surface area (Å²) in [6, 6.07) is 6.07. The topological polar surface area (TPSA) is 80.0 Å². The van der Waals surface area contributed by atoms with Crippen LogP contribution in [-0.4, -0.2) is 38.8 Å². The molecule has 156 valence electrons. The Morgan fingerprint density at radius 1 is 1.14 bits per heavy atom. The zero-order valence-corrected chi connectivity index (χ0v) is 20.4. The Bertz CT molecular complexity index is 931. The summed E-state index contributed by atoms with van der Waals surface area (Å²) in [5.74, 6) is 1.63. The third kappa shape index (κ3) is 6.77. The van der Waals surface area contributed by atoms with Gasteiger partial charge in [-0.2, -0.15) is 5.10 Å². The average molecular weight is 525 g/mol. The second-order valence-corrected chi connectivity index (χ2v) is 7.92. The van der Waals surface area contributed by atoms with Crippen LogP contribution < -0.4 is 10.6 Å². The third-order valence-corrected chi connectivity index (χ3v) is 5.07. The molecule has 3 heterocycles. The van der Waals surface area contributed by atoms with Crippen LogP contribution in [0.3, 0.4) is 0 Å². The molecular weight excluding hydrogens is 497 g/mol. The van der Waals surface area contributed by atoms with Crippen molar-refractivity contribution in [3.63, 3.8) is 0 Å². The van der Waals surface area contributed by atoms with Crippen LogP contribution in [0.15, 0.2) is 35.6 Å². The maximum atomic E-state index is 4.66. The van der Waals surface area contributed by atoms with Gasteiger partial charge in [-0.1, -0.05) is 6.07 Å². The molecule has 0 aliphatic rings. The van der Waals surface area contributed by atoms with E-state index in [-0.39, 0.29) is 24.0 Å². The summed E-state index contributed by atoms with van der Waals surface area (Å²) in [5, 5.41) is 12.3. The molecule has 0 unspecified atom stereocenters. The lowest BCUT2D eigenvalue weighted by molar-refractivity contribution is 0.792. The van der Waals surface area contributed by atoms with E-state index in [1.807, 2.05) is 49.1 Å². The van der Waals surface area contributed by atoms with Crippen LogP contribution in [0.5, 0.6) is 0 Å². The van der Waals surface area contributed by atoms with Crippen molar-refractivity contribution >= 4 is 41.3 Å². The first-order chi connectivity index (χ1) is 13.5.